The van der Waals surface area contributed by atoms with Gasteiger partial charge in [-0.3, -0.25) is 24.4 Å². The Morgan fingerprint density at radius 2 is 1.70 bits per heavy atom. The highest BCUT2D eigenvalue weighted by Gasteiger charge is 2.43. The summed E-state index contributed by atoms with van der Waals surface area (Å²) in [5.74, 6) is -1.50. The first-order valence-corrected chi connectivity index (χ1v) is 8.84. The quantitative estimate of drug-likeness (QED) is 0.708. The number of rotatable bonds is 3. The van der Waals surface area contributed by atoms with Gasteiger partial charge in [-0.05, 0) is 37.3 Å². The molecule has 1 saturated heterocycles. The molecule has 27 heavy (non-hydrogen) atoms. The Balaban J connectivity index is 1.76. The van der Waals surface area contributed by atoms with Gasteiger partial charge in [-0.15, -0.1) is 0 Å². The van der Waals surface area contributed by atoms with Crippen LogP contribution in [0.1, 0.15) is 23.6 Å². The number of hydrogen-bond donors (Lipinski definition) is 1. The van der Waals surface area contributed by atoms with E-state index in [9.17, 15) is 14.4 Å². The monoisotopic (exact) mass is 381 g/mol. The highest BCUT2D eigenvalue weighted by atomic mass is 35.5. The van der Waals surface area contributed by atoms with E-state index in [0.717, 1.165) is 4.90 Å². The van der Waals surface area contributed by atoms with Crippen LogP contribution < -0.4 is 10.5 Å². The Kier molecular flexibility index (Phi) is 4.20. The van der Waals surface area contributed by atoms with Crippen molar-refractivity contribution >= 4 is 29.1 Å². The molecule has 0 radical (unpaired) electrons. The summed E-state index contributed by atoms with van der Waals surface area (Å²) in [6.07, 6.45) is -0.0305. The van der Waals surface area contributed by atoms with Crippen molar-refractivity contribution in [3.63, 3.8) is 0 Å². The molecule has 4 rings (SSSR count). The van der Waals surface area contributed by atoms with Crippen LogP contribution >= 0.6 is 11.6 Å². The average molecular weight is 382 g/mol. The van der Waals surface area contributed by atoms with Crippen molar-refractivity contribution in [2.45, 2.75) is 19.3 Å². The van der Waals surface area contributed by atoms with Crippen molar-refractivity contribution in [2.24, 2.45) is 0 Å². The molecule has 3 aromatic rings. The maximum Gasteiger partial charge on any atom is 0.275 e. The van der Waals surface area contributed by atoms with E-state index in [-0.39, 0.29) is 23.8 Å². The van der Waals surface area contributed by atoms with E-state index in [0.29, 0.717) is 27.7 Å². The largest absolute Gasteiger partial charge is 0.295 e. The highest BCUT2D eigenvalue weighted by molar-refractivity contribution is 6.30. The molecule has 2 amide bonds. The number of aromatic nitrogens is 2. The van der Waals surface area contributed by atoms with Crippen molar-refractivity contribution in [1.82, 2.24) is 9.78 Å². The van der Waals surface area contributed by atoms with Crippen LogP contribution in [0.25, 0.3) is 5.69 Å². The first-order chi connectivity index (χ1) is 13.0. The van der Waals surface area contributed by atoms with Gasteiger partial charge in [-0.1, -0.05) is 35.9 Å². The SMILES string of the molecule is Cc1[nH]n(-c2cccc(Cl)c2)c(=O)c1C1CC(=O)N(c2ccccc2)C1=O. The van der Waals surface area contributed by atoms with Crippen LogP contribution in [0.15, 0.2) is 59.4 Å². The second-order valence-corrected chi connectivity index (χ2v) is 6.87. The topological polar surface area (TPSA) is 75.2 Å². The third-order valence-electron chi connectivity index (χ3n) is 4.69. The number of halogens is 1. The van der Waals surface area contributed by atoms with Gasteiger partial charge in [0, 0.05) is 17.1 Å². The van der Waals surface area contributed by atoms with Crippen molar-refractivity contribution in [1.29, 1.82) is 0 Å². The second-order valence-electron chi connectivity index (χ2n) is 6.43. The first kappa shape index (κ1) is 17.3. The molecule has 1 atom stereocenters. The number of imide groups is 1. The number of benzene rings is 2. The number of carbonyl (C=O) groups excluding carboxylic acids is 2. The van der Waals surface area contributed by atoms with E-state index in [4.69, 9.17) is 11.6 Å². The molecule has 1 aliphatic rings. The third-order valence-corrected chi connectivity index (χ3v) is 4.93. The molecule has 136 valence electrons. The van der Waals surface area contributed by atoms with E-state index in [1.54, 1.807) is 55.5 Å². The van der Waals surface area contributed by atoms with Crippen LogP contribution in [-0.4, -0.2) is 21.6 Å². The predicted octanol–water partition coefficient (Wildman–Crippen LogP) is 3.17. The number of nitrogens with one attached hydrogen (secondary N) is 1. The molecule has 2 aromatic carbocycles. The second kappa shape index (κ2) is 6.55. The van der Waals surface area contributed by atoms with E-state index < -0.39 is 5.92 Å². The Morgan fingerprint density at radius 1 is 1.00 bits per heavy atom. The molecule has 1 N–H and O–H groups in total. The number of para-hydroxylation sites is 1. The molecule has 2 heterocycles. The van der Waals surface area contributed by atoms with Crippen molar-refractivity contribution < 1.29 is 9.59 Å². The summed E-state index contributed by atoms with van der Waals surface area (Å²) in [7, 11) is 0. The number of anilines is 1. The molecular weight excluding hydrogens is 366 g/mol. The van der Waals surface area contributed by atoms with Crippen molar-refractivity contribution in [3.05, 3.63) is 81.2 Å². The molecule has 1 aliphatic heterocycles. The average Bonchev–Trinajstić information content (AvgIpc) is 3.10. The third kappa shape index (κ3) is 2.88. The number of H-pyrrole nitrogens is 1. The van der Waals surface area contributed by atoms with Gasteiger partial charge in [-0.2, -0.15) is 0 Å². The number of aryl methyl sites for hydroxylation is 1. The lowest BCUT2D eigenvalue weighted by Gasteiger charge is -2.14. The number of amides is 2. The van der Waals surface area contributed by atoms with Gasteiger partial charge in [0.15, 0.2) is 0 Å². The minimum atomic E-state index is -0.804. The van der Waals surface area contributed by atoms with Gasteiger partial charge in [0.25, 0.3) is 5.56 Å². The fourth-order valence-electron chi connectivity index (χ4n) is 3.47. The van der Waals surface area contributed by atoms with Crippen LogP contribution in [0.4, 0.5) is 5.69 Å². The molecule has 7 heteroatoms. The zero-order chi connectivity index (χ0) is 19.1. The molecule has 1 unspecified atom stereocenters. The molecule has 0 spiro atoms. The normalized spacial score (nSPS) is 17.0. The van der Waals surface area contributed by atoms with Gasteiger partial charge in [0.2, 0.25) is 11.8 Å². The Bertz CT molecular complexity index is 1100. The Morgan fingerprint density at radius 3 is 2.41 bits per heavy atom. The lowest BCUT2D eigenvalue weighted by molar-refractivity contribution is -0.121. The van der Waals surface area contributed by atoms with Gasteiger partial charge < -0.3 is 0 Å². The minimum absolute atomic E-state index is 0.0305. The van der Waals surface area contributed by atoms with E-state index in [1.807, 2.05) is 6.07 Å². The summed E-state index contributed by atoms with van der Waals surface area (Å²) in [6.45, 7) is 1.72. The van der Waals surface area contributed by atoms with Crippen LogP contribution in [0, 0.1) is 6.92 Å². The van der Waals surface area contributed by atoms with E-state index in [2.05, 4.69) is 5.10 Å². The van der Waals surface area contributed by atoms with Crippen LogP contribution in [0.5, 0.6) is 0 Å². The lowest BCUT2D eigenvalue weighted by atomic mass is 9.98. The molecule has 1 fully saturated rings. The molecule has 1 aromatic heterocycles. The highest BCUT2D eigenvalue weighted by Crippen LogP contribution is 2.33. The number of carbonyl (C=O) groups is 2. The van der Waals surface area contributed by atoms with E-state index >= 15 is 0 Å². The lowest BCUT2D eigenvalue weighted by Crippen LogP contribution is -2.31. The Labute approximate surface area is 160 Å². The zero-order valence-corrected chi connectivity index (χ0v) is 15.2. The number of aromatic amines is 1. The van der Waals surface area contributed by atoms with Crippen LogP contribution in [0.3, 0.4) is 0 Å². The fraction of sp³-hybridized carbons (Fsp3) is 0.150. The number of hydrogen-bond acceptors (Lipinski definition) is 3. The molecule has 0 bridgehead atoms. The first-order valence-electron chi connectivity index (χ1n) is 8.46. The zero-order valence-electron chi connectivity index (χ0n) is 14.5. The van der Waals surface area contributed by atoms with Crippen LogP contribution in [-0.2, 0) is 9.59 Å². The van der Waals surface area contributed by atoms with Crippen LogP contribution in [0.2, 0.25) is 5.02 Å². The summed E-state index contributed by atoms with van der Waals surface area (Å²) in [5.41, 5.74) is 1.60. The number of nitrogens with zero attached hydrogens (tertiary/aromatic N) is 2. The molecular formula is C20H16ClN3O3. The van der Waals surface area contributed by atoms with Gasteiger partial charge in [0.1, 0.15) is 0 Å². The van der Waals surface area contributed by atoms with Crippen molar-refractivity contribution in [2.75, 3.05) is 4.90 Å². The molecule has 0 aliphatic carbocycles. The van der Waals surface area contributed by atoms with Gasteiger partial charge >= 0.3 is 0 Å². The maximum atomic E-state index is 13.0. The summed E-state index contributed by atoms with van der Waals surface area (Å²) < 4.78 is 1.35. The van der Waals surface area contributed by atoms with Crippen molar-refractivity contribution in [3.8, 4) is 5.69 Å². The summed E-state index contributed by atoms with van der Waals surface area (Å²) in [5, 5.41) is 3.48. The molecule has 0 saturated carbocycles. The van der Waals surface area contributed by atoms with E-state index in [1.165, 1.54) is 4.68 Å². The Hall–Kier alpha value is -3.12. The van der Waals surface area contributed by atoms with Gasteiger partial charge in [-0.25, -0.2) is 4.68 Å². The standard InChI is InChI=1S/C20H16ClN3O3/c1-12-18(20(27)24(22-12)15-9-5-6-13(21)10-15)16-11-17(25)23(19(16)26)14-7-3-2-4-8-14/h2-10,16,22H,11H2,1H3. The van der Waals surface area contributed by atoms with Gasteiger partial charge in [0.05, 0.1) is 22.9 Å². The summed E-state index contributed by atoms with van der Waals surface area (Å²) >= 11 is 6.02. The molecule has 6 nitrogen and oxygen atoms in total. The smallest absolute Gasteiger partial charge is 0.275 e. The summed E-state index contributed by atoms with van der Waals surface area (Å²) in [6, 6.07) is 15.6. The minimum Gasteiger partial charge on any atom is -0.295 e. The summed E-state index contributed by atoms with van der Waals surface area (Å²) in [4.78, 5) is 39.6. The predicted molar refractivity (Wildman–Crippen MR) is 102 cm³/mol. The fourth-order valence-corrected chi connectivity index (χ4v) is 3.66. The maximum absolute atomic E-state index is 13.0.